The molecule has 1 aliphatic rings. The van der Waals surface area contributed by atoms with Crippen molar-refractivity contribution in [2.45, 2.75) is 12.8 Å². The van der Waals surface area contributed by atoms with Crippen molar-refractivity contribution in [3.8, 4) is 0 Å². The second kappa shape index (κ2) is 10.9. The lowest BCUT2D eigenvalue weighted by atomic mass is 10.1. The molecule has 0 radical (unpaired) electrons. The van der Waals surface area contributed by atoms with E-state index in [1.807, 2.05) is 24.3 Å². The summed E-state index contributed by atoms with van der Waals surface area (Å²) < 4.78 is 28.7. The van der Waals surface area contributed by atoms with Crippen molar-refractivity contribution in [3.05, 3.63) is 101 Å². The number of hydrogen-bond donors (Lipinski definition) is 1. The molecule has 0 fully saturated rings. The number of nitrogens with one attached hydrogen (secondary N) is 1. The molecule has 2 heterocycles. The lowest BCUT2D eigenvalue weighted by Gasteiger charge is -2.29. The van der Waals surface area contributed by atoms with Crippen LogP contribution in [0.2, 0.25) is 0 Å². The highest BCUT2D eigenvalue weighted by atomic mass is 35.5. The number of imidazole rings is 1. The van der Waals surface area contributed by atoms with Gasteiger partial charge in [0.1, 0.15) is 11.6 Å². The molecule has 182 valence electrons. The number of aromatic nitrogens is 2. The molecule has 0 amide bonds. The molecule has 1 N–H and O–H groups in total. The van der Waals surface area contributed by atoms with Crippen molar-refractivity contribution in [1.29, 1.82) is 0 Å². The van der Waals surface area contributed by atoms with E-state index in [2.05, 4.69) is 20.9 Å². The number of para-hydroxylation sites is 2. The second-order valence-corrected chi connectivity index (χ2v) is 8.49. The quantitative estimate of drug-likeness (QED) is 0.351. The topological polar surface area (TPSA) is 44.3 Å². The molecular formula is C27H27ClF2N4O. The van der Waals surface area contributed by atoms with E-state index in [9.17, 15) is 13.6 Å². The molecule has 0 saturated heterocycles. The average molecular weight is 497 g/mol. The van der Waals surface area contributed by atoms with Crippen LogP contribution in [-0.4, -0.2) is 40.6 Å². The second-order valence-electron chi connectivity index (χ2n) is 8.49. The van der Waals surface area contributed by atoms with Crippen LogP contribution >= 0.6 is 12.4 Å². The predicted molar refractivity (Wildman–Crippen MR) is 140 cm³/mol. The monoisotopic (exact) mass is 496 g/mol. The molecule has 0 spiro atoms. The summed E-state index contributed by atoms with van der Waals surface area (Å²) in [4.78, 5) is 19.8. The van der Waals surface area contributed by atoms with E-state index in [1.165, 1.54) is 24.3 Å². The summed E-state index contributed by atoms with van der Waals surface area (Å²) in [5, 5.41) is 0. The van der Waals surface area contributed by atoms with E-state index in [0.29, 0.717) is 6.54 Å². The number of H-pyrrole nitrogens is 1. The minimum absolute atomic E-state index is 0. The highest BCUT2D eigenvalue weighted by Gasteiger charge is 2.17. The first kappa shape index (κ1) is 24.7. The zero-order valence-electron chi connectivity index (χ0n) is 19.2. The third-order valence-electron chi connectivity index (χ3n) is 6.28. The van der Waals surface area contributed by atoms with Crippen LogP contribution in [0.4, 0.5) is 20.2 Å². The third-order valence-corrected chi connectivity index (χ3v) is 6.28. The zero-order valence-corrected chi connectivity index (χ0v) is 20.0. The highest BCUT2D eigenvalue weighted by Crippen LogP contribution is 2.26. The van der Waals surface area contributed by atoms with Crippen molar-refractivity contribution in [1.82, 2.24) is 14.5 Å². The van der Waals surface area contributed by atoms with Gasteiger partial charge in [0.15, 0.2) is 0 Å². The van der Waals surface area contributed by atoms with Gasteiger partial charge in [-0.2, -0.15) is 0 Å². The smallest absolute Gasteiger partial charge is 0.330 e. The number of aromatic amines is 1. The van der Waals surface area contributed by atoms with Crippen LogP contribution in [-0.2, 0) is 0 Å². The van der Waals surface area contributed by atoms with E-state index < -0.39 is 0 Å². The van der Waals surface area contributed by atoms with Crippen LogP contribution in [0.5, 0.6) is 0 Å². The average Bonchev–Trinajstić information content (AvgIpc) is 3.19. The number of hydrogen-bond acceptors (Lipinski definition) is 3. The molecule has 5 rings (SSSR count). The molecule has 0 bridgehead atoms. The summed E-state index contributed by atoms with van der Waals surface area (Å²) in [5.74, 6) is -0.568. The Hall–Kier alpha value is -3.42. The summed E-state index contributed by atoms with van der Waals surface area (Å²) in [7, 11) is 0. The molecule has 1 aliphatic heterocycles. The van der Waals surface area contributed by atoms with Crippen molar-refractivity contribution in [2.24, 2.45) is 0 Å². The van der Waals surface area contributed by atoms with Gasteiger partial charge in [-0.15, -0.1) is 12.4 Å². The van der Waals surface area contributed by atoms with Gasteiger partial charge in [-0.05, 0) is 67.1 Å². The fourth-order valence-corrected chi connectivity index (χ4v) is 4.55. The van der Waals surface area contributed by atoms with Gasteiger partial charge in [0.25, 0.3) is 0 Å². The molecule has 0 saturated carbocycles. The van der Waals surface area contributed by atoms with E-state index in [0.717, 1.165) is 60.6 Å². The van der Waals surface area contributed by atoms with Crippen molar-refractivity contribution >= 4 is 40.5 Å². The maximum Gasteiger partial charge on any atom is 0.330 e. The van der Waals surface area contributed by atoms with Gasteiger partial charge in [0.2, 0.25) is 0 Å². The molecule has 1 aromatic heterocycles. The fraction of sp³-hybridized carbons (Fsp3) is 0.222. The summed E-state index contributed by atoms with van der Waals surface area (Å²) in [6.45, 7) is 3.23. The summed E-state index contributed by atoms with van der Waals surface area (Å²) >= 11 is 0. The van der Waals surface area contributed by atoms with Gasteiger partial charge in [0, 0.05) is 49.7 Å². The standard InChI is InChI=1S/C27H26F2N4O.ClH/c28-20-6-10-22(11-7-20)32(23-12-8-21(29)9-13-23)17-3-16-31-18-14-24(15-19-31)33-26-5-2-1-4-25(26)30-27(33)34;/h1-2,4-14H,3,15-19H2,(H,30,34);1H. The van der Waals surface area contributed by atoms with Crippen LogP contribution in [0, 0.1) is 11.6 Å². The number of benzene rings is 3. The molecule has 8 heteroatoms. The maximum absolute atomic E-state index is 13.4. The van der Waals surface area contributed by atoms with Gasteiger partial charge in [0.05, 0.1) is 11.0 Å². The van der Waals surface area contributed by atoms with Crippen LogP contribution in [0.3, 0.4) is 0 Å². The van der Waals surface area contributed by atoms with E-state index in [4.69, 9.17) is 0 Å². The van der Waals surface area contributed by atoms with Crippen LogP contribution in [0.15, 0.2) is 83.7 Å². The van der Waals surface area contributed by atoms with Crippen molar-refractivity contribution < 1.29 is 8.78 Å². The highest BCUT2D eigenvalue weighted by molar-refractivity contribution is 5.85. The van der Waals surface area contributed by atoms with E-state index >= 15 is 0 Å². The van der Waals surface area contributed by atoms with Crippen LogP contribution < -0.4 is 10.6 Å². The number of rotatable bonds is 7. The first-order chi connectivity index (χ1) is 16.6. The Bertz CT molecular complexity index is 1320. The first-order valence-corrected chi connectivity index (χ1v) is 11.5. The molecule has 0 aliphatic carbocycles. The van der Waals surface area contributed by atoms with Gasteiger partial charge in [-0.25, -0.2) is 13.6 Å². The molecule has 0 unspecified atom stereocenters. The zero-order chi connectivity index (χ0) is 23.5. The molecule has 5 nitrogen and oxygen atoms in total. The SMILES string of the molecule is Cl.O=c1[nH]c2ccccc2n1C1=CCN(CCCN(c2ccc(F)cc2)c2ccc(F)cc2)CC1. The molecule has 3 aromatic carbocycles. The number of anilines is 2. The number of nitrogens with zero attached hydrogens (tertiary/aromatic N) is 3. The minimum Gasteiger partial charge on any atom is -0.341 e. The lowest BCUT2D eigenvalue weighted by molar-refractivity contribution is 0.297. The third kappa shape index (κ3) is 5.47. The Kier molecular flexibility index (Phi) is 7.68. The maximum atomic E-state index is 13.4. The number of fused-ring (bicyclic) bond motifs is 1. The summed E-state index contributed by atoms with van der Waals surface area (Å²) in [6, 6.07) is 20.5. The van der Waals surface area contributed by atoms with Gasteiger partial charge in [-0.3, -0.25) is 9.47 Å². The molecular weight excluding hydrogens is 470 g/mol. The molecule has 4 aromatic rings. The Balaban J connectivity index is 0.00000289. The van der Waals surface area contributed by atoms with Crippen LogP contribution in [0.25, 0.3) is 16.7 Å². The first-order valence-electron chi connectivity index (χ1n) is 11.5. The van der Waals surface area contributed by atoms with E-state index in [1.54, 1.807) is 28.8 Å². The minimum atomic E-state index is -0.284. The normalized spacial score (nSPS) is 13.9. The van der Waals surface area contributed by atoms with Crippen LogP contribution in [0.1, 0.15) is 12.8 Å². The molecule has 35 heavy (non-hydrogen) atoms. The van der Waals surface area contributed by atoms with Crippen molar-refractivity contribution in [3.63, 3.8) is 0 Å². The Labute approximate surface area is 208 Å². The molecule has 0 atom stereocenters. The van der Waals surface area contributed by atoms with Gasteiger partial charge >= 0.3 is 5.69 Å². The predicted octanol–water partition coefficient (Wildman–Crippen LogP) is 5.80. The van der Waals surface area contributed by atoms with Crippen molar-refractivity contribution in [2.75, 3.05) is 31.1 Å². The number of halogens is 3. The fourth-order valence-electron chi connectivity index (χ4n) is 4.55. The Morgan fingerprint density at radius 3 is 2.11 bits per heavy atom. The summed E-state index contributed by atoms with van der Waals surface area (Å²) in [6.07, 6.45) is 3.80. The Morgan fingerprint density at radius 2 is 1.51 bits per heavy atom. The lowest BCUT2D eigenvalue weighted by Crippen LogP contribution is -2.33. The van der Waals surface area contributed by atoms with E-state index in [-0.39, 0.29) is 29.7 Å². The Morgan fingerprint density at radius 1 is 0.886 bits per heavy atom. The van der Waals surface area contributed by atoms with Gasteiger partial charge in [-0.1, -0.05) is 18.2 Å². The summed E-state index contributed by atoms with van der Waals surface area (Å²) in [5.41, 5.74) is 4.41. The van der Waals surface area contributed by atoms with Gasteiger partial charge < -0.3 is 9.88 Å². The largest absolute Gasteiger partial charge is 0.341 e.